The Balaban J connectivity index is 2.48. The standard InChI is InChI=1S/C13H8F4N2O3/c1-13(16,17)10-11(19-9(5-18-10)12(20)21)22-6-2-3-7(14)8(15)4-6/h2-5H,1H3,(H,20,21). The molecule has 0 atom stereocenters. The molecule has 1 aromatic carbocycles. The van der Waals surface area contributed by atoms with Gasteiger partial charge in [-0.1, -0.05) is 0 Å². The van der Waals surface area contributed by atoms with E-state index in [4.69, 9.17) is 9.84 Å². The number of benzene rings is 1. The van der Waals surface area contributed by atoms with Crippen molar-refractivity contribution in [2.75, 3.05) is 0 Å². The van der Waals surface area contributed by atoms with Crippen LogP contribution in [0.15, 0.2) is 24.4 Å². The van der Waals surface area contributed by atoms with Crippen molar-refractivity contribution < 1.29 is 32.2 Å². The summed E-state index contributed by atoms with van der Waals surface area (Å²) in [5.41, 5.74) is -1.56. The van der Waals surface area contributed by atoms with Crippen LogP contribution in [0.25, 0.3) is 0 Å². The smallest absolute Gasteiger partial charge is 0.356 e. The molecule has 0 unspecified atom stereocenters. The minimum absolute atomic E-state index is 0.332. The molecule has 1 N–H and O–H groups in total. The molecule has 22 heavy (non-hydrogen) atoms. The van der Waals surface area contributed by atoms with Gasteiger partial charge in [-0.05, 0) is 12.1 Å². The topological polar surface area (TPSA) is 72.3 Å². The van der Waals surface area contributed by atoms with Crippen LogP contribution in [0, 0.1) is 11.6 Å². The number of carboxylic acids is 1. The highest BCUT2D eigenvalue weighted by atomic mass is 19.3. The summed E-state index contributed by atoms with van der Waals surface area (Å²) in [7, 11) is 0. The number of ether oxygens (including phenoxy) is 1. The van der Waals surface area contributed by atoms with E-state index in [9.17, 15) is 22.4 Å². The molecule has 0 amide bonds. The van der Waals surface area contributed by atoms with E-state index in [1.54, 1.807) is 0 Å². The van der Waals surface area contributed by atoms with Crippen LogP contribution in [0.4, 0.5) is 17.6 Å². The molecule has 116 valence electrons. The van der Waals surface area contributed by atoms with Gasteiger partial charge >= 0.3 is 5.97 Å². The molecular formula is C13H8F4N2O3. The first-order valence-electron chi connectivity index (χ1n) is 5.80. The highest BCUT2D eigenvalue weighted by molar-refractivity contribution is 5.85. The lowest BCUT2D eigenvalue weighted by Gasteiger charge is -2.14. The molecule has 0 radical (unpaired) electrons. The average molecular weight is 316 g/mol. The van der Waals surface area contributed by atoms with Crippen LogP contribution in [-0.4, -0.2) is 21.0 Å². The van der Waals surface area contributed by atoms with Crippen molar-refractivity contribution in [2.24, 2.45) is 0 Å². The third-order valence-corrected chi connectivity index (χ3v) is 2.48. The predicted octanol–water partition coefficient (Wildman–Crippen LogP) is 3.36. The van der Waals surface area contributed by atoms with Crippen molar-refractivity contribution in [1.82, 2.24) is 9.97 Å². The Labute approximate surface area is 121 Å². The molecule has 0 saturated carbocycles. The zero-order chi connectivity index (χ0) is 16.5. The fourth-order valence-corrected chi connectivity index (χ4v) is 1.50. The van der Waals surface area contributed by atoms with E-state index in [0.717, 1.165) is 12.1 Å². The van der Waals surface area contributed by atoms with Crippen molar-refractivity contribution in [2.45, 2.75) is 12.8 Å². The molecule has 1 heterocycles. The number of hydrogen-bond donors (Lipinski definition) is 1. The zero-order valence-corrected chi connectivity index (χ0v) is 11.0. The van der Waals surface area contributed by atoms with Gasteiger partial charge in [0.15, 0.2) is 23.0 Å². The molecule has 0 bridgehead atoms. The summed E-state index contributed by atoms with van der Waals surface area (Å²) < 4.78 is 57.7. The number of carbonyl (C=O) groups is 1. The highest BCUT2D eigenvalue weighted by Crippen LogP contribution is 2.34. The fourth-order valence-electron chi connectivity index (χ4n) is 1.50. The Kier molecular flexibility index (Phi) is 3.98. The van der Waals surface area contributed by atoms with E-state index in [1.807, 2.05) is 0 Å². The maximum atomic E-state index is 13.4. The summed E-state index contributed by atoms with van der Waals surface area (Å²) in [6, 6.07) is 2.32. The number of alkyl halides is 2. The summed E-state index contributed by atoms with van der Waals surface area (Å²) in [6.45, 7) is 0.509. The maximum Gasteiger partial charge on any atom is 0.356 e. The molecule has 0 aliphatic rings. The van der Waals surface area contributed by atoms with Crippen LogP contribution >= 0.6 is 0 Å². The Morgan fingerprint density at radius 3 is 2.50 bits per heavy atom. The first-order valence-corrected chi connectivity index (χ1v) is 5.80. The van der Waals surface area contributed by atoms with Crippen LogP contribution in [0.3, 0.4) is 0 Å². The lowest BCUT2D eigenvalue weighted by Crippen LogP contribution is -2.15. The number of rotatable bonds is 4. The first kappa shape index (κ1) is 15.7. The van der Waals surface area contributed by atoms with E-state index in [1.165, 1.54) is 0 Å². The monoisotopic (exact) mass is 316 g/mol. The first-order chi connectivity index (χ1) is 10.2. The largest absolute Gasteiger partial charge is 0.476 e. The molecular weight excluding hydrogens is 308 g/mol. The molecule has 9 heteroatoms. The number of carboxylic acid groups (broad SMARTS) is 1. The quantitative estimate of drug-likeness (QED) is 0.876. The summed E-state index contributed by atoms with van der Waals surface area (Å²) in [4.78, 5) is 17.5. The van der Waals surface area contributed by atoms with E-state index < -0.39 is 40.8 Å². The van der Waals surface area contributed by atoms with Gasteiger partial charge in [-0.25, -0.2) is 23.5 Å². The zero-order valence-electron chi connectivity index (χ0n) is 11.0. The van der Waals surface area contributed by atoms with E-state index >= 15 is 0 Å². The predicted molar refractivity (Wildman–Crippen MR) is 65.0 cm³/mol. The van der Waals surface area contributed by atoms with Crippen LogP contribution in [-0.2, 0) is 5.92 Å². The van der Waals surface area contributed by atoms with Gasteiger partial charge in [0.25, 0.3) is 5.92 Å². The summed E-state index contributed by atoms with van der Waals surface area (Å²) in [6.07, 6.45) is 0.646. The van der Waals surface area contributed by atoms with Crippen molar-refractivity contribution in [1.29, 1.82) is 0 Å². The van der Waals surface area contributed by atoms with Crippen LogP contribution in [0.5, 0.6) is 11.6 Å². The molecule has 0 aliphatic carbocycles. The van der Waals surface area contributed by atoms with Crippen LogP contribution in [0.2, 0.25) is 0 Å². The normalized spacial score (nSPS) is 11.3. The van der Waals surface area contributed by atoms with E-state index in [-0.39, 0.29) is 5.75 Å². The Morgan fingerprint density at radius 1 is 1.27 bits per heavy atom. The third kappa shape index (κ3) is 3.30. The van der Waals surface area contributed by atoms with E-state index in [2.05, 4.69) is 9.97 Å². The van der Waals surface area contributed by atoms with Gasteiger partial charge in [0.1, 0.15) is 5.75 Å². The van der Waals surface area contributed by atoms with Gasteiger partial charge in [-0.15, -0.1) is 0 Å². The van der Waals surface area contributed by atoms with Gasteiger partial charge in [-0.2, -0.15) is 8.78 Å². The second-order valence-electron chi connectivity index (χ2n) is 4.28. The summed E-state index contributed by atoms with van der Waals surface area (Å²) in [5.74, 6) is -8.53. The Morgan fingerprint density at radius 2 is 1.95 bits per heavy atom. The maximum absolute atomic E-state index is 13.4. The van der Waals surface area contributed by atoms with Crippen molar-refractivity contribution in [3.63, 3.8) is 0 Å². The van der Waals surface area contributed by atoms with Crippen molar-refractivity contribution >= 4 is 5.97 Å². The van der Waals surface area contributed by atoms with Gasteiger partial charge < -0.3 is 9.84 Å². The number of aromatic carboxylic acids is 1. The Hall–Kier alpha value is -2.71. The molecule has 5 nitrogen and oxygen atoms in total. The second-order valence-corrected chi connectivity index (χ2v) is 4.28. The van der Waals surface area contributed by atoms with Crippen LogP contribution in [0.1, 0.15) is 23.1 Å². The minimum atomic E-state index is -3.47. The molecule has 2 aromatic rings. The fraction of sp³-hybridized carbons (Fsp3) is 0.154. The molecule has 0 fully saturated rings. The van der Waals surface area contributed by atoms with Crippen LogP contribution < -0.4 is 4.74 Å². The highest BCUT2D eigenvalue weighted by Gasteiger charge is 2.33. The SMILES string of the molecule is CC(F)(F)c1ncc(C(=O)O)nc1Oc1ccc(F)c(F)c1. The van der Waals surface area contributed by atoms with Gasteiger partial charge in [0, 0.05) is 13.0 Å². The van der Waals surface area contributed by atoms with Gasteiger partial charge in [-0.3, -0.25) is 0 Å². The second kappa shape index (κ2) is 5.58. The average Bonchev–Trinajstić information content (AvgIpc) is 2.41. The van der Waals surface area contributed by atoms with Crippen molar-refractivity contribution in [3.8, 4) is 11.6 Å². The minimum Gasteiger partial charge on any atom is -0.476 e. The molecule has 0 saturated heterocycles. The lowest BCUT2D eigenvalue weighted by atomic mass is 10.2. The van der Waals surface area contributed by atoms with Gasteiger partial charge in [0.05, 0.1) is 6.20 Å². The third-order valence-electron chi connectivity index (χ3n) is 2.48. The van der Waals surface area contributed by atoms with Gasteiger partial charge in [0.2, 0.25) is 5.88 Å². The molecule has 0 spiro atoms. The van der Waals surface area contributed by atoms with E-state index in [0.29, 0.717) is 19.2 Å². The molecule has 1 aromatic heterocycles. The number of hydrogen-bond acceptors (Lipinski definition) is 4. The Bertz CT molecular complexity index is 732. The summed E-state index contributed by atoms with van der Waals surface area (Å²) >= 11 is 0. The number of nitrogens with zero attached hydrogens (tertiary/aromatic N) is 2. The number of halogens is 4. The van der Waals surface area contributed by atoms with Crippen molar-refractivity contribution in [3.05, 3.63) is 47.4 Å². The lowest BCUT2D eigenvalue weighted by molar-refractivity contribution is 0.00982. The molecule has 2 rings (SSSR count). The number of aromatic nitrogens is 2. The molecule has 0 aliphatic heterocycles. The summed E-state index contributed by atoms with van der Waals surface area (Å²) in [5, 5.41) is 8.79.